The standard InChI is InChI=1S/C22H23N3O3/c1-15-13-16(2)25(24-15)19-6-4-3-5-18(19)23-22(26)10-8-17-7-9-20-21(14-17)28-12-11-27-20/h3-7,9,13-14H,8,10-12H2,1-2H3,(H,23,26). The third kappa shape index (κ3) is 3.86. The first kappa shape index (κ1) is 18.1. The molecule has 1 aliphatic rings. The van der Waals surface area contributed by atoms with Gasteiger partial charge in [-0.3, -0.25) is 4.79 Å². The number of fused-ring (bicyclic) bond motifs is 1. The van der Waals surface area contributed by atoms with Gasteiger partial charge in [-0.2, -0.15) is 5.10 Å². The van der Waals surface area contributed by atoms with Gasteiger partial charge in [-0.1, -0.05) is 18.2 Å². The first-order chi connectivity index (χ1) is 13.6. The van der Waals surface area contributed by atoms with E-state index in [-0.39, 0.29) is 5.91 Å². The number of ether oxygens (including phenoxy) is 2. The molecule has 0 bridgehead atoms. The summed E-state index contributed by atoms with van der Waals surface area (Å²) < 4.78 is 13.0. The lowest BCUT2D eigenvalue weighted by atomic mass is 10.1. The predicted molar refractivity (Wildman–Crippen MR) is 107 cm³/mol. The summed E-state index contributed by atoms with van der Waals surface area (Å²) in [5.74, 6) is 1.47. The number of anilines is 1. The topological polar surface area (TPSA) is 65.4 Å². The van der Waals surface area contributed by atoms with Crippen LogP contribution in [0.1, 0.15) is 23.4 Å². The van der Waals surface area contributed by atoms with E-state index in [9.17, 15) is 4.79 Å². The van der Waals surface area contributed by atoms with Crippen LogP contribution in [0.5, 0.6) is 11.5 Å². The van der Waals surface area contributed by atoms with Crippen LogP contribution in [0.2, 0.25) is 0 Å². The number of benzene rings is 2. The summed E-state index contributed by atoms with van der Waals surface area (Å²) in [6.45, 7) is 5.09. The number of nitrogens with one attached hydrogen (secondary N) is 1. The van der Waals surface area contributed by atoms with Crippen LogP contribution in [-0.2, 0) is 11.2 Å². The average molecular weight is 377 g/mol. The second-order valence-electron chi connectivity index (χ2n) is 6.88. The first-order valence-electron chi connectivity index (χ1n) is 9.41. The lowest BCUT2D eigenvalue weighted by Crippen LogP contribution is -2.16. The molecule has 0 aliphatic carbocycles. The molecule has 144 valence electrons. The van der Waals surface area contributed by atoms with E-state index >= 15 is 0 Å². The summed E-state index contributed by atoms with van der Waals surface area (Å²) in [5.41, 5.74) is 4.63. The van der Waals surface area contributed by atoms with Crippen molar-refractivity contribution in [3.05, 3.63) is 65.5 Å². The first-order valence-corrected chi connectivity index (χ1v) is 9.41. The van der Waals surface area contributed by atoms with Crippen molar-refractivity contribution in [1.82, 2.24) is 9.78 Å². The molecule has 0 saturated heterocycles. The van der Waals surface area contributed by atoms with Crippen molar-refractivity contribution in [2.45, 2.75) is 26.7 Å². The maximum Gasteiger partial charge on any atom is 0.224 e. The van der Waals surface area contributed by atoms with E-state index in [1.807, 2.05) is 67.1 Å². The molecule has 0 unspecified atom stereocenters. The van der Waals surface area contributed by atoms with Gasteiger partial charge in [0.05, 0.1) is 17.1 Å². The highest BCUT2D eigenvalue weighted by molar-refractivity contribution is 5.93. The van der Waals surface area contributed by atoms with Crippen molar-refractivity contribution in [3.8, 4) is 17.2 Å². The highest BCUT2D eigenvalue weighted by Gasteiger charge is 2.14. The van der Waals surface area contributed by atoms with Gasteiger partial charge in [-0.25, -0.2) is 4.68 Å². The van der Waals surface area contributed by atoms with E-state index in [0.29, 0.717) is 26.1 Å². The largest absolute Gasteiger partial charge is 0.486 e. The Labute approximate surface area is 164 Å². The Morgan fingerprint density at radius 1 is 1.07 bits per heavy atom. The molecule has 3 aromatic rings. The van der Waals surface area contributed by atoms with E-state index in [4.69, 9.17) is 9.47 Å². The van der Waals surface area contributed by atoms with Crippen molar-refractivity contribution >= 4 is 11.6 Å². The minimum Gasteiger partial charge on any atom is -0.486 e. The molecule has 2 aromatic carbocycles. The van der Waals surface area contributed by atoms with Crippen molar-refractivity contribution in [2.75, 3.05) is 18.5 Å². The predicted octanol–water partition coefficient (Wildman–Crippen LogP) is 3.83. The summed E-state index contributed by atoms with van der Waals surface area (Å²) in [6.07, 6.45) is 1.01. The fourth-order valence-electron chi connectivity index (χ4n) is 3.35. The van der Waals surface area contributed by atoms with Crippen LogP contribution in [0, 0.1) is 13.8 Å². The van der Waals surface area contributed by atoms with Crippen molar-refractivity contribution in [3.63, 3.8) is 0 Å². The zero-order valence-corrected chi connectivity index (χ0v) is 16.1. The van der Waals surface area contributed by atoms with Crippen LogP contribution in [0.3, 0.4) is 0 Å². The minimum atomic E-state index is -0.0381. The van der Waals surface area contributed by atoms with E-state index in [0.717, 1.165) is 39.8 Å². The van der Waals surface area contributed by atoms with Crippen LogP contribution in [0.15, 0.2) is 48.5 Å². The maximum absolute atomic E-state index is 12.6. The molecular formula is C22H23N3O3. The summed E-state index contributed by atoms with van der Waals surface area (Å²) in [6, 6.07) is 15.5. The number of nitrogens with zero attached hydrogens (tertiary/aromatic N) is 2. The van der Waals surface area contributed by atoms with Gasteiger partial charge in [0, 0.05) is 12.1 Å². The Kier molecular flexibility index (Phi) is 5.02. The average Bonchev–Trinajstić information content (AvgIpc) is 3.04. The maximum atomic E-state index is 12.6. The second kappa shape index (κ2) is 7.76. The third-order valence-corrected chi connectivity index (χ3v) is 4.66. The minimum absolute atomic E-state index is 0.0381. The molecule has 0 atom stereocenters. The molecular weight excluding hydrogens is 354 g/mol. The number of aryl methyl sites for hydroxylation is 3. The number of aromatic nitrogens is 2. The lowest BCUT2D eigenvalue weighted by molar-refractivity contribution is -0.116. The lowest BCUT2D eigenvalue weighted by Gasteiger charge is -2.18. The van der Waals surface area contributed by atoms with Crippen molar-refractivity contribution in [1.29, 1.82) is 0 Å². The SMILES string of the molecule is Cc1cc(C)n(-c2ccccc2NC(=O)CCc2ccc3c(c2)OCCO3)n1. The zero-order chi connectivity index (χ0) is 19.5. The van der Waals surface area contributed by atoms with Gasteiger partial charge in [0.2, 0.25) is 5.91 Å². The Morgan fingerprint density at radius 3 is 2.64 bits per heavy atom. The summed E-state index contributed by atoms with van der Waals surface area (Å²) in [5, 5.41) is 7.54. The van der Waals surface area contributed by atoms with Gasteiger partial charge in [-0.15, -0.1) is 0 Å². The van der Waals surface area contributed by atoms with Gasteiger partial charge in [0.1, 0.15) is 13.2 Å². The Hall–Kier alpha value is -3.28. The van der Waals surface area contributed by atoms with Crippen LogP contribution >= 0.6 is 0 Å². The Balaban J connectivity index is 1.44. The highest BCUT2D eigenvalue weighted by Crippen LogP contribution is 2.31. The molecule has 4 rings (SSSR count). The molecule has 0 fully saturated rings. The number of hydrogen-bond donors (Lipinski definition) is 1. The van der Waals surface area contributed by atoms with E-state index in [1.54, 1.807) is 0 Å². The molecule has 6 heteroatoms. The fourth-order valence-corrected chi connectivity index (χ4v) is 3.35. The number of amides is 1. The van der Waals surface area contributed by atoms with E-state index in [2.05, 4.69) is 10.4 Å². The van der Waals surface area contributed by atoms with Gasteiger partial charge in [0.25, 0.3) is 0 Å². The summed E-state index contributed by atoms with van der Waals surface area (Å²) in [7, 11) is 0. The number of rotatable bonds is 5. The summed E-state index contributed by atoms with van der Waals surface area (Å²) >= 11 is 0. The van der Waals surface area contributed by atoms with Crippen LogP contribution < -0.4 is 14.8 Å². The molecule has 0 radical (unpaired) electrons. The molecule has 0 saturated carbocycles. The zero-order valence-electron chi connectivity index (χ0n) is 16.1. The molecule has 1 aliphatic heterocycles. The highest BCUT2D eigenvalue weighted by atomic mass is 16.6. The van der Waals surface area contributed by atoms with Gasteiger partial charge in [-0.05, 0) is 56.2 Å². The number of carbonyl (C=O) groups is 1. The molecule has 1 N–H and O–H groups in total. The number of para-hydroxylation sites is 2. The van der Waals surface area contributed by atoms with E-state index < -0.39 is 0 Å². The van der Waals surface area contributed by atoms with E-state index in [1.165, 1.54) is 0 Å². The molecule has 1 amide bonds. The van der Waals surface area contributed by atoms with Crippen molar-refractivity contribution in [2.24, 2.45) is 0 Å². The Morgan fingerprint density at radius 2 is 1.86 bits per heavy atom. The quantitative estimate of drug-likeness (QED) is 0.734. The number of carbonyl (C=O) groups excluding carboxylic acids is 1. The molecule has 1 aromatic heterocycles. The normalized spacial score (nSPS) is 12.6. The third-order valence-electron chi connectivity index (χ3n) is 4.66. The second-order valence-corrected chi connectivity index (χ2v) is 6.88. The Bertz CT molecular complexity index is 1010. The molecule has 28 heavy (non-hydrogen) atoms. The van der Waals surface area contributed by atoms with Crippen LogP contribution in [0.4, 0.5) is 5.69 Å². The van der Waals surface area contributed by atoms with Gasteiger partial charge < -0.3 is 14.8 Å². The summed E-state index contributed by atoms with van der Waals surface area (Å²) in [4.78, 5) is 12.6. The molecule has 6 nitrogen and oxygen atoms in total. The van der Waals surface area contributed by atoms with Crippen LogP contribution in [0.25, 0.3) is 5.69 Å². The van der Waals surface area contributed by atoms with Gasteiger partial charge >= 0.3 is 0 Å². The fraction of sp³-hybridized carbons (Fsp3) is 0.273. The molecule has 2 heterocycles. The molecule has 0 spiro atoms. The number of hydrogen-bond acceptors (Lipinski definition) is 4. The van der Waals surface area contributed by atoms with Crippen LogP contribution in [-0.4, -0.2) is 28.9 Å². The smallest absolute Gasteiger partial charge is 0.224 e. The monoisotopic (exact) mass is 377 g/mol. The van der Waals surface area contributed by atoms with Gasteiger partial charge in [0.15, 0.2) is 11.5 Å². The van der Waals surface area contributed by atoms with Crippen molar-refractivity contribution < 1.29 is 14.3 Å².